The van der Waals surface area contributed by atoms with Crippen LogP contribution in [0.15, 0.2) is 53.6 Å². The molecular weight excluding hydrogens is 408 g/mol. The molecule has 0 radical (unpaired) electrons. The lowest BCUT2D eigenvalue weighted by Crippen LogP contribution is -2.07. The number of hydrogen-bond acceptors (Lipinski definition) is 4. The Morgan fingerprint density at radius 2 is 1.68 bits per heavy atom. The van der Waals surface area contributed by atoms with Crippen molar-refractivity contribution < 1.29 is 14.3 Å². The van der Waals surface area contributed by atoms with Crippen molar-refractivity contribution in [2.45, 2.75) is 38.3 Å². The van der Waals surface area contributed by atoms with Gasteiger partial charge in [-0.05, 0) is 60.4 Å². The zero-order chi connectivity index (χ0) is 22.6. The molecule has 3 aromatic rings. The van der Waals surface area contributed by atoms with Crippen molar-refractivity contribution >= 4 is 16.0 Å². The van der Waals surface area contributed by atoms with Gasteiger partial charge in [0.25, 0.3) is 0 Å². The number of nitrogens with zero attached hydrogens (tertiary/aromatic N) is 1. The van der Waals surface area contributed by atoms with Crippen molar-refractivity contribution in [1.29, 1.82) is 0 Å². The molecule has 2 aromatic carbocycles. The standard InChI is InChI=1S/C25H32N2O3S/c1-7-29-25(28)23-22(24(27-26-23)31(4,5)6)20-12-14-21(15-13-20)30-16-18-8-10-19(11-9-18)17(2)3/h8-15,17H,7,16H2,1-6H3,(H,26,27). The van der Waals surface area contributed by atoms with Crippen molar-refractivity contribution in [3.05, 3.63) is 65.4 Å². The van der Waals surface area contributed by atoms with Gasteiger partial charge in [-0.3, -0.25) is 5.10 Å². The van der Waals surface area contributed by atoms with Gasteiger partial charge in [0.05, 0.1) is 6.61 Å². The third kappa shape index (κ3) is 5.50. The van der Waals surface area contributed by atoms with E-state index in [1.165, 1.54) is 5.56 Å². The van der Waals surface area contributed by atoms with E-state index < -0.39 is 10.0 Å². The van der Waals surface area contributed by atoms with Crippen LogP contribution in [-0.4, -0.2) is 41.5 Å². The molecule has 3 rings (SSSR count). The maximum atomic E-state index is 12.5. The molecule has 0 aliphatic carbocycles. The molecule has 166 valence electrons. The van der Waals surface area contributed by atoms with E-state index >= 15 is 0 Å². The van der Waals surface area contributed by atoms with Gasteiger partial charge in [0.1, 0.15) is 17.4 Å². The first kappa shape index (κ1) is 22.9. The van der Waals surface area contributed by atoms with Crippen LogP contribution < -0.4 is 4.74 Å². The van der Waals surface area contributed by atoms with Gasteiger partial charge < -0.3 is 9.47 Å². The average molecular weight is 441 g/mol. The number of esters is 1. The summed E-state index contributed by atoms with van der Waals surface area (Å²) < 4.78 is 11.2. The minimum absolute atomic E-state index is 0.319. The fourth-order valence-corrected chi connectivity index (χ4v) is 4.42. The number of aromatic amines is 1. The van der Waals surface area contributed by atoms with E-state index in [1.807, 2.05) is 24.3 Å². The van der Waals surface area contributed by atoms with Gasteiger partial charge in [0.15, 0.2) is 5.69 Å². The van der Waals surface area contributed by atoms with Gasteiger partial charge in [-0.1, -0.05) is 50.2 Å². The average Bonchev–Trinajstić information content (AvgIpc) is 3.19. The number of ether oxygens (including phenoxy) is 2. The second kappa shape index (κ2) is 9.60. The number of carbonyl (C=O) groups is 1. The van der Waals surface area contributed by atoms with Gasteiger partial charge in [-0.15, -0.1) is 0 Å². The molecule has 1 heterocycles. The van der Waals surface area contributed by atoms with Crippen LogP contribution in [0.25, 0.3) is 11.1 Å². The highest BCUT2D eigenvalue weighted by Gasteiger charge is 2.26. The number of benzene rings is 2. The molecule has 5 nitrogen and oxygen atoms in total. The predicted octanol–water partition coefficient (Wildman–Crippen LogP) is 6.01. The molecule has 0 saturated heterocycles. The van der Waals surface area contributed by atoms with Crippen LogP contribution in [0.2, 0.25) is 0 Å². The van der Waals surface area contributed by atoms with E-state index in [0.717, 1.165) is 27.5 Å². The molecule has 1 N–H and O–H groups in total. The molecule has 0 bridgehead atoms. The van der Waals surface area contributed by atoms with Crippen molar-refractivity contribution in [2.24, 2.45) is 0 Å². The van der Waals surface area contributed by atoms with Crippen LogP contribution in [0.5, 0.6) is 5.75 Å². The number of rotatable bonds is 8. The van der Waals surface area contributed by atoms with Crippen molar-refractivity contribution in [3.63, 3.8) is 0 Å². The van der Waals surface area contributed by atoms with Gasteiger partial charge in [0.2, 0.25) is 0 Å². The monoisotopic (exact) mass is 440 g/mol. The Kier molecular flexibility index (Phi) is 7.11. The van der Waals surface area contributed by atoms with E-state index in [-0.39, 0.29) is 5.97 Å². The first-order valence-corrected chi connectivity index (χ1v) is 13.3. The van der Waals surface area contributed by atoms with Crippen molar-refractivity contribution in [2.75, 3.05) is 25.4 Å². The topological polar surface area (TPSA) is 64.2 Å². The van der Waals surface area contributed by atoms with Crippen LogP contribution in [0.1, 0.15) is 48.3 Å². The Labute approximate surface area is 186 Å². The van der Waals surface area contributed by atoms with E-state index in [2.05, 4.69) is 67.1 Å². The number of carbonyl (C=O) groups excluding carboxylic acids is 1. The SMILES string of the molecule is CCOC(=O)c1[nH]nc(S(C)(C)C)c1-c1ccc(OCc2ccc(C(C)C)cc2)cc1. The zero-order valence-corrected chi connectivity index (χ0v) is 20.0. The zero-order valence-electron chi connectivity index (χ0n) is 19.2. The molecule has 0 unspecified atom stereocenters. The van der Waals surface area contributed by atoms with Crippen LogP contribution in [-0.2, 0) is 11.3 Å². The largest absolute Gasteiger partial charge is 0.489 e. The minimum Gasteiger partial charge on any atom is -0.489 e. The summed E-state index contributed by atoms with van der Waals surface area (Å²) in [5.74, 6) is 0.914. The van der Waals surface area contributed by atoms with E-state index in [4.69, 9.17) is 9.47 Å². The number of nitrogens with one attached hydrogen (secondary N) is 1. The maximum absolute atomic E-state index is 12.5. The minimum atomic E-state index is -1.16. The normalized spacial score (nSPS) is 12.1. The van der Waals surface area contributed by atoms with E-state index in [1.54, 1.807) is 6.92 Å². The van der Waals surface area contributed by atoms with Crippen LogP contribution in [0, 0.1) is 0 Å². The summed E-state index contributed by atoms with van der Waals surface area (Å²) in [5.41, 5.74) is 4.59. The van der Waals surface area contributed by atoms with Crippen LogP contribution in [0.4, 0.5) is 0 Å². The van der Waals surface area contributed by atoms with Gasteiger partial charge >= 0.3 is 5.97 Å². The van der Waals surface area contributed by atoms with Crippen LogP contribution in [0.3, 0.4) is 0 Å². The second-order valence-electron chi connectivity index (χ2n) is 8.55. The number of H-pyrrole nitrogens is 1. The smallest absolute Gasteiger partial charge is 0.357 e. The molecular formula is C25H32N2O3S. The van der Waals surface area contributed by atoms with Crippen molar-refractivity contribution in [3.8, 4) is 16.9 Å². The van der Waals surface area contributed by atoms with E-state index in [0.29, 0.717) is 24.8 Å². The summed E-state index contributed by atoms with van der Waals surface area (Å²) in [6, 6.07) is 16.3. The molecule has 0 aliphatic heterocycles. The first-order chi connectivity index (χ1) is 14.7. The summed E-state index contributed by atoms with van der Waals surface area (Å²) in [6.45, 7) is 7.00. The summed E-state index contributed by atoms with van der Waals surface area (Å²) in [4.78, 5) is 12.5. The molecule has 0 aliphatic rings. The molecule has 6 heteroatoms. The number of hydrogen-bond donors (Lipinski definition) is 1. The molecule has 0 atom stereocenters. The summed E-state index contributed by atoms with van der Waals surface area (Å²) >= 11 is 0. The Bertz CT molecular complexity index is 1020. The molecule has 0 amide bonds. The summed E-state index contributed by atoms with van der Waals surface area (Å²) in [7, 11) is -1.16. The highest BCUT2D eigenvalue weighted by Crippen LogP contribution is 2.49. The Hall–Kier alpha value is -2.73. The Morgan fingerprint density at radius 3 is 2.23 bits per heavy atom. The molecule has 0 saturated carbocycles. The quantitative estimate of drug-likeness (QED) is 0.436. The van der Waals surface area contributed by atoms with Gasteiger partial charge in [-0.2, -0.15) is 5.10 Å². The second-order valence-corrected chi connectivity index (χ2v) is 12.6. The predicted molar refractivity (Wildman–Crippen MR) is 128 cm³/mol. The third-order valence-electron chi connectivity index (χ3n) is 4.99. The fourth-order valence-electron chi connectivity index (χ4n) is 3.27. The van der Waals surface area contributed by atoms with E-state index in [9.17, 15) is 4.79 Å². The summed E-state index contributed by atoms with van der Waals surface area (Å²) in [5, 5.41) is 8.28. The lowest BCUT2D eigenvalue weighted by atomic mass is 10.0. The van der Waals surface area contributed by atoms with Crippen molar-refractivity contribution in [1.82, 2.24) is 10.2 Å². The Balaban J connectivity index is 1.80. The number of aromatic nitrogens is 2. The fraction of sp³-hybridized carbons (Fsp3) is 0.360. The maximum Gasteiger partial charge on any atom is 0.357 e. The molecule has 0 fully saturated rings. The lowest BCUT2D eigenvalue weighted by molar-refractivity contribution is 0.0520. The Morgan fingerprint density at radius 1 is 1.03 bits per heavy atom. The molecule has 31 heavy (non-hydrogen) atoms. The van der Waals surface area contributed by atoms with Gasteiger partial charge in [-0.25, -0.2) is 14.8 Å². The van der Waals surface area contributed by atoms with Crippen LogP contribution >= 0.6 is 10.0 Å². The molecule has 0 spiro atoms. The summed E-state index contributed by atoms with van der Waals surface area (Å²) in [6.07, 6.45) is 6.47. The lowest BCUT2D eigenvalue weighted by Gasteiger charge is -2.24. The molecule has 1 aromatic heterocycles. The first-order valence-electron chi connectivity index (χ1n) is 10.5. The third-order valence-corrected chi connectivity index (χ3v) is 6.44. The van der Waals surface area contributed by atoms with Gasteiger partial charge in [0, 0.05) is 5.56 Å². The highest BCUT2D eigenvalue weighted by molar-refractivity contribution is 8.32. The highest BCUT2D eigenvalue weighted by atomic mass is 32.3.